The number of likely N-dealkylation sites (N-methyl/N-ethyl adjacent to an activating group) is 1. The van der Waals surface area contributed by atoms with E-state index in [1.54, 1.807) is 42.5 Å². The number of aromatic nitrogens is 1. The molecule has 1 aliphatic heterocycles. The van der Waals surface area contributed by atoms with E-state index >= 15 is 0 Å². The van der Waals surface area contributed by atoms with Gasteiger partial charge in [0.1, 0.15) is 5.75 Å². The topological polar surface area (TPSA) is 115 Å². The number of halogens is 1. The third-order valence-electron chi connectivity index (χ3n) is 5.08. The zero-order valence-electron chi connectivity index (χ0n) is 17.2. The van der Waals surface area contributed by atoms with Crippen LogP contribution in [0, 0.1) is 5.95 Å². The normalized spacial score (nSPS) is 18.5. The molecule has 0 spiro atoms. The van der Waals surface area contributed by atoms with Crippen molar-refractivity contribution in [2.45, 2.75) is 5.54 Å². The number of amides is 1. The lowest BCUT2D eigenvalue weighted by molar-refractivity contribution is -0.129. The largest absolute Gasteiger partial charge is 0.383 e. The number of nitrogens with zero attached hydrogens (tertiary/aromatic N) is 3. The Kier molecular flexibility index (Phi) is 5.17. The number of carbonyl (C=O) groups is 1. The van der Waals surface area contributed by atoms with Crippen LogP contribution in [0.3, 0.4) is 0 Å². The predicted octanol–water partition coefficient (Wildman–Crippen LogP) is 2.26. The second-order valence-electron chi connectivity index (χ2n) is 7.31. The average molecular weight is 454 g/mol. The fourth-order valence-electron chi connectivity index (χ4n) is 3.60. The molecular formula is C22H19FN4O4S. The monoisotopic (exact) mass is 454 g/mol. The lowest BCUT2D eigenvalue weighted by Crippen LogP contribution is -2.41. The number of pyridine rings is 1. The molecule has 0 fully saturated rings. The highest BCUT2D eigenvalue weighted by Crippen LogP contribution is 2.41. The van der Waals surface area contributed by atoms with Crippen LogP contribution in [-0.4, -0.2) is 43.5 Å². The van der Waals surface area contributed by atoms with Crippen LogP contribution in [0.2, 0.25) is 0 Å². The fourth-order valence-corrected chi connectivity index (χ4v) is 4.06. The van der Waals surface area contributed by atoms with Crippen molar-refractivity contribution in [3.63, 3.8) is 0 Å². The lowest BCUT2D eigenvalue weighted by atomic mass is 9.81. The molecule has 2 heterocycles. The summed E-state index contributed by atoms with van der Waals surface area (Å²) in [6, 6.07) is 16.0. The highest BCUT2D eigenvalue weighted by Gasteiger charge is 2.49. The van der Waals surface area contributed by atoms with Crippen molar-refractivity contribution in [1.82, 2.24) is 9.88 Å². The highest BCUT2D eigenvalue weighted by molar-refractivity contribution is 7.86. The highest BCUT2D eigenvalue weighted by atomic mass is 32.2. The molecule has 1 atom stereocenters. The first-order chi connectivity index (χ1) is 15.1. The molecule has 3 aromatic rings. The quantitative estimate of drug-likeness (QED) is 0.467. The summed E-state index contributed by atoms with van der Waals surface area (Å²) in [4.78, 5) is 22.8. The van der Waals surface area contributed by atoms with Crippen molar-refractivity contribution >= 4 is 22.0 Å². The van der Waals surface area contributed by atoms with Gasteiger partial charge in [-0.2, -0.15) is 12.8 Å². The van der Waals surface area contributed by atoms with E-state index in [0.717, 1.165) is 6.26 Å². The number of guanidine groups is 1. The Morgan fingerprint density at radius 2 is 1.72 bits per heavy atom. The summed E-state index contributed by atoms with van der Waals surface area (Å²) in [5.74, 6) is -0.965. The number of rotatable bonds is 5. The number of carbonyl (C=O) groups excluding carboxylic acids is 1. The molecule has 0 aliphatic carbocycles. The van der Waals surface area contributed by atoms with Crippen LogP contribution in [0.25, 0.3) is 11.1 Å². The van der Waals surface area contributed by atoms with E-state index in [9.17, 15) is 17.6 Å². The maximum absolute atomic E-state index is 13.4. The Morgan fingerprint density at radius 3 is 2.31 bits per heavy atom. The number of nitrogens with two attached hydrogens (primary N) is 1. The van der Waals surface area contributed by atoms with E-state index in [1.165, 1.54) is 36.3 Å². The van der Waals surface area contributed by atoms with E-state index in [-0.39, 0.29) is 11.7 Å². The van der Waals surface area contributed by atoms with Gasteiger partial charge in [-0.1, -0.05) is 30.3 Å². The minimum atomic E-state index is -3.78. The molecule has 8 nitrogen and oxygen atoms in total. The van der Waals surface area contributed by atoms with Crippen LogP contribution in [0.15, 0.2) is 71.9 Å². The van der Waals surface area contributed by atoms with Crippen LogP contribution >= 0.6 is 0 Å². The van der Waals surface area contributed by atoms with Gasteiger partial charge in [0.25, 0.3) is 5.91 Å². The van der Waals surface area contributed by atoms with Crippen LogP contribution in [0.5, 0.6) is 5.75 Å². The van der Waals surface area contributed by atoms with Gasteiger partial charge < -0.3 is 9.92 Å². The maximum Gasteiger partial charge on any atom is 0.306 e. The summed E-state index contributed by atoms with van der Waals surface area (Å²) in [5, 5.41) is 0. The van der Waals surface area contributed by atoms with E-state index in [2.05, 4.69) is 9.98 Å². The summed E-state index contributed by atoms with van der Waals surface area (Å²) >= 11 is 0. The molecule has 1 amide bonds. The fraction of sp³-hybridized carbons (Fsp3) is 0.136. The molecule has 0 saturated carbocycles. The first kappa shape index (κ1) is 21.4. The minimum Gasteiger partial charge on any atom is -0.383 e. The van der Waals surface area contributed by atoms with Gasteiger partial charge in [-0.05, 0) is 47.0 Å². The second-order valence-corrected chi connectivity index (χ2v) is 8.89. The van der Waals surface area contributed by atoms with Gasteiger partial charge >= 0.3 is 10.1 Å². The number of hydrogen-bond donors (Lipinski definition) is 1. The van der Waals surface area contributed by atoms with Gasteiger partial charge in [0.2, 0.25) is 5.95 Å². The smallest absolute Gasteiger partial charge is 0.306 e. The van der Waals surface area contributed by atoms with Gasteiger partial charge in [0, 0.05) is 18.8 Å². The summed E-state index contributed by atoms with van der Waals surface area (Å²) in [6.45, 7) is 0. The van der Waals surface area contributed by atoms with Crippen molar-refractivity contribution in [2.24, 2.45) is 10.7 Å². The molecule has 0 saturated heterocycles. The van der Waals surface area contributed by atoms with E-state index in [1.807, 2.05) is 0 Å². The number of aliphatic imine (C=N–C) groups is 1. The zero-order chi connectivity index (χ0) is 23.1. The average Bonchev–Trinajstić information content (AvgIpc) is 2.98. The van der Waals surface area contributed by atoms with Gasteiger partial charge in [-0.3, -0.25) is 9.69 Å². The van der Waals surface area contributed by atoms with Crippen molar-refractivity contribution < 1.29 is 21.8 Å². The third kappa shape index (κ3) is 3.80. The molecule has 10 heteroatoms. The molecule has 2 aromatic carbocycles. The van der Waals surface area contributed by atoms with E-state index < -0.39 is 27.5 Å². The molecule has 1 unspecified atom stereocenters. The zero-order valence-corrected chi connectivity index (χ0v) is 18.0. The summed E-state index contributed by atoms with van der Waals surface area (Å²) in [6.07, 6.45) is 2.32. The van der Waals surface area contributed by atoms with Crippen molar-refractivity contribution in [3.8, 4) is 16.9 Å². The molecule has 0 bridgehead atoms. The summed E-state index contributed by atoms with van der Waals surface area (Å²) in [5.41, 5.74) is 6.65. The van der Waals surface area contributed by atoms with Crippen LogP contribution in [-0.2, 0) is 20.5 Å². The predicted molar refractivity (Wildman–Crippen MR) is 117 cm³/mol. The molecular weight excluding hydrogens is 435 g/mol. The minimum absolute atomic E-state index is 0.0123. The van der Waals surface area contributed by atoms with Crippen LogP contribution in [0.1, 0.15) is 11.1 Å². The SMILES string of the molecule is CN1C(=O)C(c2cccc(OS(C)(=O)=O)c2)(c2cccc(-c3ccc(F)nc3)c2)N=C1N. The Balaban J connectivity index is 1.91. The lowest BCUT2D eigenvalue weighted by Gasteiger charge is -2.27. The Bertz CT molecular complexity index is 1340. The molecule has 4 rings (SSSR count). The number of benzene rings is 2. The molecule has 1 aliphatic rings. The van der Waals surface area contributed by atoms with Gasteiger partial charge in [-0.15, -0.1) is 0 Å². The van der Waals surface area contributed by atoms with Crippen molar-refractivity contribution in [2.75, 3.05) is 13.3 Å². The van der Waals surface area contributed by atoms with E-state index in [4.69, 9.17) is 9.92 Å². The van der Waals surface area contributed by atoms with E-state index in [0.29, 0.717) is 22.3 Å². The molecule has 32 heavy (non-hydrogen) atoms. The van der Waals surface area contributed by atoms with Gasteiger partial charge in [0.15, 0.2) is 11.5 Å². The first-order valence-electron chi connectivity index (χ1n) is 9.46. The van der Waals surface area contributed by atoms with Gasteiger partial charge in [0.05, 0.1) is 6.26 Å². The van der Waals surface area contributed by atoms with Crippen LogP contribution in [0.4, 0.5) is 4.39 Å². The summed E-state index contributed by atoms with van der Waals surface area (Å²) in [7, 11) is -2.27. The Morgan fingerprint density at radius 1 is 1.03 bits per heavy atom. The van der Waals surface area contributed by atoms with Crippen molar-refractivity contribution in [3.05, 3.63) is 83.9 Å². The second kappa shape index (κ2) is 7.72. The molecule has 164 valence electrons. The maximum atomic E-state index is 13.4. The van der Waals surface area contributed by atoms with Gasteiger partial charge in [-0.25, -0.2) is 9.98 Å². The standard InChI is InChI=1S/C22H19FN4O4S/c1-27-20(28)22(26-21(27)24,17-7-4-8-18(12-17)31-32(2,29)30)16-6-3-5-14(11-16)15-9-10-19(23)25-13-15/h3-13H,1-2H3,(H2,24,26). The summed E-state index contributed by atoms with van der Waals surface area (Å²) < 4.78 is 41.5. The third-order valence-corrected chi connectivity index (χ3v) is 5.58. The molecule has 1 aromatic heterocycles. The molecule has 2 N–H and O–H groups in total. The van der Waals surface area contributed by atoms with Crippen LogP contribution < -0.4 is 9.92 Å². The molecule has 0 radical (unpaired) electrons. The first-order valence-corrected chi connectivity index (χ1v) is 11.3. The van der Waals surface area contributed by atoms with Crippen molar-refractivity contribution in [1.29, 1.82) is 0 Å². The Labute approximate surface area is 184 Å². The Hall–Kier alpha value is -3.79. The number of hydrogen-bond acceptors (Lipinski definition) is 7.